The van der Waals surface area contributed by atoms with Crippen LogP contribution in [0.25, 0.3) is 0 Å². The lowest BCUT2D eigenvalue weighted by Crippen LogP contribution is -2.26. The van der Waals surface area contributed by atoms with Crippen molar-refractivity contribution < 1.29 is 19.4 Å². The Hall–Kier alpha value is -0.970. The Morgan fingerprint density at radius 3 is 2.46 bits per heavy atom. The van der Waals surface area contributed by atoms with E-state index < -0.39 is 17.5 Å². The van der Waals surface area contributed by atoms with Gasteiger partial charge in [-0.05, 0) is 19.9 Å². The van der Waals surface area contributed by atoms with E-state index in [1.165, 1.54) is 6.08 Å². The maximum Gasteiger partial charge on any atom is 0.328 e. The molecule has 0 bridgehead atoms. The maximum absolute atomic E-state index is 10.8. The number of carboxylic acid groups (broad SMARTS) is 1. The third-order valence-electron chi connectivity index (χ3n) is 1.13. The largest absolute Gasteiger partial charge is 0.478 e. The second kappa shape index (κ2) is 4.91. The SMILES string of the molecule is CC(C)(/C=C/C(=O)O)OC(=O)CS. The molecule has 4 nitrogen and oxygen atoms in total. The Kier molecular flexibility index (Phi) is 4.55. The summed E-state index contributed by atoms with van der Waals surface area (Å²) in [7, 11) is 0. The van der Waals surface area contributed by atoms with E-state index in [0.717, 1.165) is 6.08 Å². The molecule has 0 unspecified atom stereocenters. The van der Waals surface area contributed by atoms with Crippen LogP contribution in [0.15, 0.2) is 12.2 Å². The zero-order valence-corrected chi connectivity index (χ0v) is 8.38. The predicted octanol–water partition coefficient (Wildman–Crippen LogP) is 0.879. The molecule has 0 amide bonds. The fourth-order valence-corrected chi connectivity index (χ4v) is 0.696. The second-order valence-electron chi connectivity index (χ2n) is 2.91. The number of hydrogen-bond acceptors (Lipinski definition) is 4. The molecule has 0 aliphatic heterocycles. The molecule has 0 aliphatic rings. The number of esters is 1. The number of carboxylic acids is 1. The highest BCUT2D eigenvalue weighted by molar-refractivity contribution is 7.81. The molecule has 0 rings (SSSR count). The van der Waals surface area contributed by atoms with E-state index in [9.17, 15) is 9.59 Å². The molecular weight excluding hydrogens is 192 g/mol. The van der Waals surface area contributed by atoms with E-state index in [-0.39, 0.29) is 5.75 Å². The molecule has 0 aromatic carbocycles. The van der Waals surface area contributed by atoms with Crippen LogP contribution in [0.1, 0.15) is 13.8 Å². The molecule has 1 N–H and O–H groups in total. The quantitative estimate of drug-likeness (QED) is 0.405. The van der Waals surface area contributed by atoms with Crippen LogP contribution in [0.4, 0.5) is 0 Å². The number of ether oxygens (including phenoxy) is 1. The fourth-order valence-electron chi connectivity index (χ4n) is 0.632. The van der Waals surface area contributed by atoms with Crippen molar-refractivity contribution >= 4 is 24.6 Å². The lowest BCUT2D eigenvalue weighted by molar-refractivity contribution is -0.149. The van der Waals surface area contributed by atoms with Crippen molar-refractivity contribution in [3.8, 4) is 0 Å². The highest BCUT2D eigenvalue weighted by Gasteiger charge is 2.18. The van der Waals surface area contributed by atoms with Crippen LogP contribution in [0.5, 0.6) is 0 Å². The van der Waals surface area contributed by atoms with Crippen LogP contribution in [0, 0.1) is 0 Å². The standard InChI is InChI=1S/C8H12O4S/c1-8(2,4-3-6(9)10)12-7(11)5-13/h3-4,13H,5H2,1-2H3,(H,9,10)/b4-3+. The minimum atomic E-state index is -1.07. The molecule has 13 heavy (non-hydrogen) atoms. The summed E-state index contributed by atoms with van der Waals surface area (Å²) in [5, 5.41) is 8.33. The Morgan fingerprint density at radius 2 is 2.08 bits per heavy atom. The normalized spacial score (nSPS) is 11.6. The molecule has 0 saturated carbocycles. The topological polar surface area (TPSA) is 63.6 Å². The van der Waals surface area contributed by atoms with Gasteiger partial charge in [0.15, 0.2) is 0 Å². The molecule has 0 saturated heterocycles. The molecular formula is C8H12O4S. The number of carbonyl (C=O) groups is 2. The van der Waals surface area contributed by atoms with E-state index in [2.05, 4.69) is 12.6 Å². The molecule has 0 aromatic rings. The van der Waals surface area contributed by atoms with E-state index in [1.54, 1.807) is 13.8 Å². The smallest absolute Gasteiger partial charge is 0.328 e. The van der Waals surface area contributed by atoms with Crippen molar-refractivity contribution in [2.45, 2.75) is 19.4 Å². The van der Waals surface area contributed by atoms with Crippen molar-refractivity contribution in [1.82, 2.24) is 0 Å². The number of aliphatic carboxylic acids is 1. The van der Waals surface area contributed by atoms with E-state index in [0.29, 0.717) is 0 Å². The molecule has 0 aliphatic carbocycles. The average Bonchev–Trinajstić information content (AvgIpc) is 2.00. The summed E-state index contributed by atoms with van der Waals surface area (Å²) in [6, 6.07) is 0. The monoisotopic (exact) mass is 204 g/mol. The first kappa shape index (κ1) is 12.0. The van der Waals surface area contributed by atoms with Gasteiger partial charge in [-0.1, -0.05) is 0 Å². The zero-order valence-electron chi connectivity index (χ0n) is 7.48. The lowest BCUT2D eigenvalue weighted by atomic mass is 10.1. The third kappa shape index (κ3) is 6.21. The Balaban J connectivity index is 4.23. The van der Waals surface area contributed by atoms with Crippen LogP contribution in [0.3, 0.4) is 0 Å². The molecule has 0 radical (unpaired) electrons. The van der Waals surface area contributed by atoms with Crippen molar-refractivity contribution in [2.24, 2.45) is 0 Å². The number of carbonyl (C=O) groups excluding carboxylic acids is 1. The van der Waals surface area contributed by atoms with Gasteiger partial charge in [-0.3, -0.25) is 4.79 Å². The highest BCUT2D eigenvalue weighted by atomic mass is 32.1. The lowest BCUT2D eigenvalue weighted by Gasteiger charge is -2.20. The first-order valence-electron chi connectivity index (χ1n) is 3.62. The summed E-state index contributed by atoms with van der Waals surface area (Å²) < 4.78 is 4.87. The maximum atomic E-state index is 10.8. The minimum Gasteiger partial charge on any atom is -0.478 e. The summed E-state index contributed by atoms with van der Waals surface area (Å²) in [4.78, 5) is 21.0. The second-order valence-corrected chi connectivity index (χ2v) is 3.22. The first-order chi connectivity index (χ1) is 5.87. The Labute approximate surface area is 82.0 Å². The van der Waals surface area contributed by atoms with E-state index in [1.807, 2.05) is 0 Å². The van der Waals surface area contributed by atoms with Crippen LogP contribution in [-0.4, -0.2) is 28.4 Å². The third-order valence-corrected chi connectivity index (χ3v) is 1.39. The number of hydrogen-bond donors (Lipinski definition) is 2. The minimum absolute atomic E-state index is 0.0235. The molecule has 0 aromatic heterocycles. The number of rotatable bonds is 4. The van der Waals surface area contributed by atoms with Gasteiger partial charge in [-0.25, -0.2) is 4.79 Å². The van der Waals surface area contributed by atoms with Gasteiger partial charge in [0.2, 0.25) is 0 Å². The predicted molar refractivity (Wildman–Crippen MR) is 50.8 cm³/mol. The number of thiol groups is 1. The first-order valence-corrected chi connectivity index (χ1v) is 4.25. The van der Waals surface area contributed by atoms with E-state index in [4.69, 9.17) is 9.84 Å². The van der Waals surface area contributed by atoms with Crippen LogP contribution < -0.4 is 0 Å². The Morgan fingerprint density at radius 1 is 1.54 bits per heavy atom. The van der Waals surface area contributed by atoms with E-state index >= 15 is 0 Å². The summed E-state index contributed by atoms with van der Waals surface area (Å²) in [5.74, 6) is -1.58. The van der Waals surface area contributed by atoms with Crippen molar-refractivity contribution in [3.63, 3.8) is 0 Å². The van der Waals surface area contributed by atoms with Gasteiger partial charge in [0.05, 0.1) is 5.75 Å². The van der Waals surface area contributed by atoms with Crippen LogP contribution in [0.2, 0.25) is 0 Å². The average molecular weight is 204 g/mol. The van der Waals surface area contributed by atoms with Crippen molar-refractivity contribution in [2.75, 3.05) is 5.75 Å². The summed E-state index contributed by atoms with van der Waals surface area (Å²) >= 11 is 3.72. The van der Waals surface area contributed by atoms with Gasteiger partial charge in [0, 0.05) is 6.08 Å². The summed E-state index contributed by atoms with van der Waals surface area (Å²) in [6.07, 6.45) is 2.24. The van der Waals surface area contributed by atoms with Crippen LogP contribution in [-0.2, 0) is 14.3 Å². The summed E-state index contributed by atoms with van der Waals surface area (Å²) in [6.45, 7) is 3.18. The zero-order chi connectivity index (χ0) is 10.5. The Bertz CT molecular complexity index is 232. The molecule has 0 spiro atoms. The molecule has 0 heterocycles. The fraction of sp³-hybridized carbons (Fsp3) is 0.500. The van der Waals surface area contributed by atoms with Gasteiger partial charge in [0.1, 0.15) is 5.60 Å². The molecule has 74 valence electrons. The van der Waals surface area contributed by atoms with Crippen molar-refractivity contribution in [3.05, 3.63) is 12.2 Å². The van der Waals surface area contributed by atoms with Crippen molar-refractivity contribution in [1.29, 1.82) is 0 Å². The van der Waals surface area contributed by atoms with Gasteiger partial charge >= 0.3 is 11.9 Å². The van der Waals surface area contributed by atoms with Gasteiger partial charge in [0.25, 0.3) is 0 Å². The molecule has 0 atom stereocenters. The van der Waals surface area contributed by atoms with Gasteiger partial charge in [-0.2, -0.15) is 12.6 Å². The molecule has 0 fully saturated rings. The highest BCUT2D eigenvalue weighted by Crippen LogP contribution is 2.11. The summed E-state index contributed by atoms with van der Waals surface area (Å²) in [5.41, 5.74) is -0.905. The van der Waals surface area contributed by atoms with Gasteiger partial charge < -0.3 is 9.84 Å². The van der Waals surface area contributed by atoms with Crippen LogP contribution >= 0.6 is 12.6 Å². The van der Waals surface area contributed by atoms with Gasteiger partial charge in [-0.15, -0.1) is 0 Å². The molecule has 5 heteroatoms.